The van der Waals surface area contributed by atoms with Gasteiger partial charge in [-0.3, -0.25) is 0 Å². The van der Waals surface area contributed by atoms with Crippen molar-refractivity contribution in [3.63, 3.8) is 0 Å². The second-order valence-corrected chi connectivity index (χ2v) is 4.86. The molecule has 2 heteroatoms. The van der Waals surface area contributed by atoms with Crippen LogP contribution in [0.1, 0.15) is 39.5 Å². The third-order valence-corrected chi connectivity index (χ3v) is 2.64. The van der Waals surface area contributed by atoms with Crippen LogP contribution in [0, 0.1) is 5.92 Å². The van der Waals surface area contributed by atoms with Crippen LogP contribution in [0.3, 0.4) is 0 Å². The molecule has 74 valence electrons. The highest BCUT2D eigenvalue weighted by atomic mass is 32.2. The van der Waals surface area contributed by atoms with Crippen LogP contribution in [-0.2, 0) is 0 Å². The van der Waals surface area contributed by atoms with Crippen molar-refractivity contribution >= 4 is 11.8 Å². The summed E-state index contributed by atoms with van der Waals surface area (Å²) in [7, 11) is 0. The van der Waals surface area contributed by atoms with E-state index in [0.717, 1.165) is 5.92 Å². The van der Waals surface area contributed by atoms with Crippen molar-refractivity contribution in [3.05, 3.63) is 0 Å². The van der Waals surface area contributed by atoms with Gasteiger partial charge in [-0.2, -0.15) is 11.8 Å². The van der Waals surface area contributed by atoms with Gasteiger partial charge in [0.1, 0.15) is 0 Å². The predicted molar refractivity (Wildman–Crippen MR) is 59.7 cm³/mol. The zero-order chi connectivity index (χ0) is 9.40. The van der Waals surface area contributed by atoms with Gasteiger partial charge >= 0.3 is 0 Å². The molecule has 0 aromatic rings. The van der Waals surface area contributed by atoms with Crippen molar-refractivity contribution in [3.8, 4) is 0 Å². The maximum Gasteiger partial charge on any atom is 0.00412 e. The van der Waals surface area contributed by atoms with Gasteiger partial charge in [0, 0.05) is 6.04 Å². The van der Waals surface area contributed by atoms with Gasteiger partial charge < -0.3 is 5.73 Å². The zero-order valence-corrected chi connectivity index (χ0v) is 9.49. The molecule has 0 aliphatic rings. The van der Waals surface area contributed by atoms with Crippen LogP contribution in [0.4, 0.5) is 0 Å². The van der Waals surface area contributed by atoms with Gasteiger partial charge in [0.05, 0.1) is 0 Å². The van der Waals surface area contributed by atoms with E-state index in [2.05, 4.69) is 20.1 Å². The van der Waals surface area contributed by atoms with Gasteiger partial charge in [0.25, 0.3) is 0 Å². The summed E-state index contributed by atoms with van der Waals surface area (Å²) in [4.78, 5) is 0. The van der Waals surface area contributed by atoms with E-state index < -0.39 is 0 Å². The third kappa shape index (κ3) is 8.41. The van der Waals surface area contributed by atoms with E-state index in [4.69, 9.17) is 5.73 Å². The Balaban J connectivity index is 3.14. The normalized spacial score (nSPS) is 13.8. The van der Waals surface area contributed by atoms with Crippen LogP contribution >= 0.6 is 11.8 Å². The standard InChI is InChI=1S/C10H23NS/c1-9(2)8-10(11)6-4-5-7-12-3/h9-10H,4-8,11H2,1-3H3. The fourth-order valence-electron chi connectivity index (χ4n) is 1.38. The van der Waals surface area contributed by atoms with Crippen LogP contribution in [-0.4, -0.2) is 18.1 Å². The first-order valence-electron chi connectivity index (χ1n) is 4.91. The first kappa shape index (κ1) is 12.3. The second-order valence-electron chi connectivity index (χ2n) is 3.88. The van der Waals surface area contributed by atoms with Crippen molar-refractivity contribution < 1.29 is 0 Å². The zero-order valence-electron chi connectivity index (χ0n) is 8.68. The number of hydrogen-bond donors (Lipinski definition) is 1. The summed E-state index contributed by atoms with van der Waals surface area (Å²) < 4.78 is 0. The van der Waals surface area contributed by atoms with E-state index in [9.17, 15) is 0 Å². The average Bonchev–Trinajstić information content (AvgIpc) is 1.97. The Morgan fingerprint density at radius 3 is 2.42 bits per heavy atom. The smallest absolute Gasteiger partial charge is 0.00412 e. The Hall–Kier alpha value is 0.310. The average molecular weight is 189 g/mol. The molecule has 0 aromatic heterocycles. The molecule has 0 amide bonds. The Morgan fingerprint density at radius 2 is 1.92 bits per heavy atom. The Labute approximate surface area is 81.5 Å². The molecule has 0 radical (unpaired) electrons. The summed E-state index contributed by atoms with van der Waals surface area (Å²) in [5.41, 5.74) is 5.95. The van der Waals surface area contributed by atoms with E-state index in [-0.39, 0.29) is 0 Å². The lowest BCUT2D eigenvalue weighted by Crippen LogP contribution is -2.21. The molecular formula is C10H23NS. The van der Waals surface area contributed by atoms with Crippen LogP contribution in [0.2, 0.25) is 0 Å². The Bertz CT molecular complexity index is 93.8. The number of nitrogens with two attached hydrogens (primary N) is 1. The maximum atomic E-state index is 5.95. The SMILES string of the molecule is CSCCCCC(N)CC(C)C. The summed E-state index contributed by atoms with van der Waals surface area (Å²) in [6, 6.07) is 0.437. The topological polar surface area (TPSA) is 26.0 Å². The molecule has 0 aliphatic heterocycles. The summed E-state index contributed by atoms with van der Waals surface area (Å²) in [5, 5.41) is 0. The van der Waals surface area contributed by atoms with Gasteiger partial charge in [0.15, 0.2) is 0 Å². The Kier molecular flexibility index (Phi) is 8.14. The maximum absolute atomic E-state index is 5.95. The number of rotatable bonds is 7. The second kappa shape index (κ2) is 7.93. The molecule has 1 nitrogen and oxygen atoms in total. The lowest BCUT2D eigenvalue weighted by atomic mass is 10.0. The monoisotopic (exact) mass is 189 g/mol. The van der Waals surface area contributed by atoms with Crippen LogP contribution in [0.15, 0.2) is 0 Å². The lowest BCUT2D eigenvalue weighted by Gasteiger charge is -2.13. The minimum absolute atomic E-state index is 0.437. The summed E-state index contributed by atoms with van der Waals surface area (Å²) in [5.74, 6) is 2.04. The van der Waals surface area contributed by atoms with Crippen LogP contribution < -0.4 is 5.73 Å². The van der Waals surface area contributed by atoms with Crippen molar-refractivity contribution in [2.45, 2.75) is 45.6 Å². The van der Waals surface area contributed by atoms with E-state index >= 15 is 0 Å². The first-order chi connectivity index (χ1) is 5.66. The van der Waals surface area contributed by atoms with Gasteiger partial charge in [-0.25, -0.2) is 0 Å². The van der Waals surface area contributed by atoms with Crippen LogP contribution in [0.25, 0.3) is 0 Å². The van der Waals surface area contributed by atoms with Crippen molar-refractivity contribution in [2.75, 3.05) is 12.0 Å². The molecule has 2 N–H and O–H groups in total. The van der Waals surface area contributed by atoms with E-state index in [1.54, 1.807) is 0 Å². The Morgan fingerprint density at radius 1 is 1.25 bits per heavy atom. The van der Waals surface area contributed by atoms with Gasteiger partial charge in [0.2, 0.25) is 0 Å². The molecule has 0 heterocycles. The third-order valence-electron chi connectivity index (χ3n) is 1.95. The molecular weight excluding hydrogens is 166 g/mol. The fourth-order valence-corrected chi connectivity index (χ4v) is 1.87. The van der Waals surface area contributed by atoms with E-state index in [1.165, 1.54) is 31.4 Å². The first-order valence-corrected chi connectivity index (χ1v) is 6.30. The molecule has 0 aliphatic carbocycles. The highest BCUT2D eigenvalue weighted by Crippen LogP contribution is 2.10. The number of hydrogen-bond acceptors (Lipinski definition) is 2. The molecule has 0 rings (SSSR count). The predicted octanol–water partition coefficient (Wildman–Crippen LogP) is 2.89. The summed E-state index contributed by atoms with van der Waals surface area (Å²) in [6.07, 6.45) is 7.17. The largest absolute Gasteiger partial charge is 0.328 e. The summed E-state index contributed by atoms with van der Waals surface area (Å²) >= 11 is 1.93. The minimum Gasteiger partial charge on any atom is -0.328 e. The molecule has 0 saturated carbocycles. The van der Waals surface area contributed by atoms with E-state index in [0.29, 0.717) is 6.04 Å². The summed E-state index contributed by atoms with van der Waals surface area (Å²) in [6.45, 7) is 4.48. The van der Waals surface area contributed by atoms with Gasteiger partial charge in [-0.1, -0.05) is 20.3 Å². The van der Waals surface area contributed by atoms with Gasteiger partial charge in [-0.15, -0.1) is 0 Å². The molecule has 0 spiro atoms. The molecule has 0 aromatic carbocycles. The minimum atomic E-state index is 0.437. The molecule has 1 unspecified atom stereocenters. The quantitative estimate of drug-likeness (QED) is 0.623. The molecule has 1 atom stereocenters. The van der Waals surface area contributed by atoms with Crippen molar-refractivity contribution in [1.82, 2.24) is 0 Å². The highest BCUT2D eigenvalue weighted by Gasteiger charge is 2.04. The van der Waals surface area contributed by atoms with Gasteiger partial charge in [-0.05, 0) is 37.2 Å². The molecule has 0 saturated heterocycles. The van der Waals surface area contributed by atoms with E-state index in [1.807, 2.05) is 11.8 Å². The lowest BCUT2D eigenvalue weighted by molar-refractivity contribution is 0.462. The molecule has 0 fully saturated rings. The molecule has 0 bridgehead atoms. The fraction of sp³-hybridized carbons (Fsp3) is 1.00. The van der Waals surface area contributed by atoms with Crippen LogP contribution in [0.5, 0.6) is 0 Å². The van der Waals surface area contributed by atoms with Crippen molar-refractivity contribution in [1.29, 1.82) is 0 Å². The highest BCUT2D eigenvalue weighted by molar-refractivity contribution is 7.98. The number of unbranched alkanes of at least 4 members (excludes halogenated alkanes) is 1. The molecule has 12 heavy (non-hydrogen) atoms. The number of thioether (sulfide) groups is 1. The van der Waals surface area contributed by atoms with Crippen molar-refractivity contribution in [2.24, 2.45) is 11.7 Å².